The highest BCUT2D eigenvalue weighted by atomic mass is 16.5. The van der Waals surface area contributed by atoms with Crippen molar-refractivity contribution in [2.75, 3.05) is 39.9 Å². The molecule has 1 heterocycles. The standard InChI is InChI=1S/C48H61N7O8/c1-4-5-9-31-13-16-33(17-14-31)34-10-8-11-36(28-34)45(57)53-39(12-6-7-21-49)47(59)55(3)43-35-18-20-42(63-25-23-51)38(29-35)37-26-32(15-19-41(37)62-24-22-50)27-40(48(60)61)54-44(56)30(2)52-46(43)58/h8,10-11,13-20,26,28-30,39-40,43H,4-7,9,12,21-25,27,49-51H2,1-3H3,(H,52,58)(H,53,57)(H,54,56)(H,60,61)/t30-,39-,40?,43?/m0/s1. The number of likely N-dealkylation sites (N-methyl/N-ethyl adjacent to an activating group) is 1. The van der Waals surface area contributed by atoms with Crippen molar-refractivity contribution >= 4 is 29.6 Å². The van der Waals surface area contributed by atoms with Gasteiger partial charge in [0.25, 0.3) is 5.91 Å². The van der Waals surface area contributed by atoms with E-state index in [1.165, 1.54) is 24.4 Å². The van der Waals surface area contributed by atoms with Crippen LogP contribution in [0, 0.1) is 0 Å². The van der Waals surface area contributed by atoms with Crippen LogP contribution in [0.3, 0.4) is 0 Å². The van der Waals surface area contributed by atoms with Gasteiger partial charge in [0.1, 0.15) is 48.9 Å². The minimum atomic E-state index is -1.36. The zero-order valence-electron chi connectivity index (χ0n) is 36.4. The van der Waals surface area contributed by atoms with Gasteiger partial charge in [0.15, 0.2) is 0 Å². The molecule has 0 spiro atoms. The number of hydrogen-bond donors (Lipinski definition) is 7. The SMILES string of the molecule is CCCCc1ccc(-c2cccc(C(=O)N[C@@H](CCCCN)C(=O)N(C)C3C(=O)N[C@@H](C)C(=O)NC(C(=O)O)Cc4ccc(OCCN)c(c4)-c4cc3ccc4OCCN)c2)cc1. The third-order valence-electron chi connectivity index (χ3n) is 11.0. The molecular formula is C48H61N7O8. The number of aliphatic carboxylic acids is 1. The number of carbonyl (C=O) groups excluding carboxylic acids is 4. The molecule has 0 aromatic heterocycles. The molecule has 10 N–H and O–H groups in total. The van der Waals surface area contributed by atoms with Crippen LogP contribution in [0.1, 0.15) is 79.0 Å². The Morgan fingerprint density at radius 1 is 0.810 bits per heavy atom. The van der Waals surface area contributed by atoms with Gasteiger partial charge in [-0.05, 0) is 110 Å². The highest BCUT2D eigenvalue weighted by molar-refractivity contribution is 6.00. The van der Waals surface area contributed by atoms with Crippen LogP contribution in [0.25, 0.3) is 22.3 Å². The number of rotatable bonds is 19. The van der Waals surface area contributed by atoms with E-state index in [-0.39, 0.29) is 39.1 Å². The molecule has 2 unspecified atom stereocenters. The maximum Gasteiger partial charge on any atom is 0.326 e. The van der Waals surface area contributed by atoms with Crippen LogP contribution in [0.5, 0.6) is 11.5 Å². The zero-order chi connectivity index (χ0) is 45.5. The number of carboxylic acids is 1. The van der Waals surface area contributed by atoms with E-state index >= 15 is 0 Å². The summed E-state index contributed by atoms with van der Waals surface area (Å²) in [7, 11) is 1.46. The first-order valence-corrected chi connectivity index (χ1v) is 21.6. The van der Waals surface area contributed by atoms with Crippen LogP contribution in [0.4, 0.5) is 0 Å². The maximum absolute atomic E-state index is 14.8. The molecule has 0 saturated heterocycles. The first kappa shape index (κ1) is 47.8. The highest BCUT2D eigenvalue weighted by Crippen LogP contribution is 2.40. The molecule has 0 fully saturated rings. The van der Waals surface area contributed by atoms with Crippen molar-refractivity contribution < 1.29 is 38.6 Å². The second-order valence-electron chi connectivity index (χ2n) is 15.7. The van der Waals surface area contributed by atoms with Crippen molar-refractivity contribution in [2.45, 2.75) is 83.0 Å². The summed E-state index contributed by atoms with van der Waals surface area (Å²) in [6, 6.07) is 20.6. The number of carboxylic acid groups (broad SMARTS) is 1. The fourth-order valence-electron chi connectivity index (χ4n) is 7.52. The largest absolute Gasteiger partial charge is 0.492 e. The van der Waals surface area contributed by atoms with Gasteiger partial charge in [-0.2, -0.15) is 0 Å². The zero-order valence-corrected chi connectivity index (χ0v) is 36.4. The Labute approximate surface area is 369 Å². The Kier molecular flexibility index (Phi) is 17.6. The van der Waals surface area contributed by atoms with Gasteiger partial charge in [-0.1, -0.05) is 61.9 Å². The number of aryl methyl sites for hydroxylation is 1. The van der Waals surface area contributed by atoms with E-state index in [0.29, 0.717) is 58.7 Å². The third kappa shape index (κ3) is 12.7. The molecule has 4 bridgehead atoms. The van der Waals surface area contributed by atoms with Gasteiger partial charge in [-0.3, -0.25) is 19.2 Å². The van der Waals surface area contributed by atoms with E-state index in [4.69, 9.17) is 26.7 Å². The van der Waals surface area contributed by atoms with E-state index in [9.17, 15) is 29.1 Å². The molecule has 15 nitrogen and oxygen atoms in total. The van der Waals surface area contributed by atoms with Gasteiger partial charge < -0.3 is 52.6 Å². The lowest BCUT2D eigenvalue weighted by Gasteiger charge is -2.32. The summed E-state index contributed by atoms with van der Waals surface area (Å²) in [5, 5.41) is 18.3. The van der Waals surface area contributed by atoms with Crippen molar-refractivity contribution in [1.29, 1.82) is 0 Å². The highest BCUT2D eigenvalue weighted by Gasteiger charge is 2.36. The van der Waals surface area contributed by atoms with Crippen LogP contribution < -0.4 is 42.6 Å². The van der Waals surface area contributed by atoms with Crippen molar-refractivity contribution in [1.82, 2.24) is 20.9 Å². The maximum atomic E-state index is 14.8. The molecule has 1 aliphatic rings. The molecule has 4 aromatic rings. The third-order valence-corrected chi connectivity index (χ3v) is 11.0. The molecule has 4 aromatic carbocycles. The molecule has 0 radical (unpaired) electrons. The summed E-state index contributed by atoms with van der Waals surface area (Å²) in [4.78, 5) is 70.5. The number of ether oxygens (including phenoxy) is 2. The first-order valence-electron chi connectivity index (χ1n) is 21.6. The number of fused-ring (bicyclic) bond motifs is 5. The minimum Gasteiger partial charge on any atom is -0.492 e. The molecule has 4 amide bonds. The monoisotopic (exact) mass is 863 g/mol. The number of benzene rings is 4. The van der Waals surface area contributed by atoms with Crippen molar-refractivity contribution in [3.05, 3.63) is 107 Å². The summed E-state index contributed by atoms with van der Waals surface area (Å²) < 4.78 is 12.1. The van der Waals surface area contributed by atoms with Crippen LogP contribution in [0.15, 0.2) is 84.9 Å². The predicted octanol–water partition coefficient (Wildman–Crippen LogP) is 4.10. The van der Waals surface area contributed by atoms with E-state index in [2.05, 4.69) is 35.0 Å². The summed E-state index contributed by atoms with van der Waals surface area (Å²) in [5.41, 5.74) is 22.7. The molecule has 1 aliphatic heterocycles. The van der Waals surface area contributed by atoms with E-state index in [1.807, 2.05) is 18.2 Å². The Morgan fingerprint density at radius 2 is 1.49 bits per heavy atom. The summed E-state index contributed by atoms with van der Waals surface area (Å²) in [6.07, 6.45) is 4.42. The summed E-state index contributed by atoms with van der Waals surface area (Å²) in [6.45, 7) is 4.68. The fraction of sp³-hybridized carbons (Fsp3) is 0.396. The number of hydrogen-bond acceptors (Lipinski definition) is 10. The van der Waals surface area contributed by atoms with Gasteiger partial charge in [-0.15, -0.1) is 0 Å². The molecule has 5 rings (SSSR count). The molecule has 0 aliphatic carbocycles. The minimum absolute atomic E-state index is 0.0851. The average Bonchev–Trinajstić information content (AvgIpc) is 3.28. The quantitative estimate of drug-likeness (QED) is 0.0663. The average molecular weight is 864 g/mol. The topological polar surface area (TPSA) is 241 Å². The Balaban J connectivity index is 1.56. The van der Waals surface area contributed by atoms with Gasteiger partial charge >= 0.3 is 5.97 Å². The molecule has 0 saturated carbocycles. The van der Waals surface area contributed by atoms with Gasteiger partial charge in [-0.25, -0.2) is 4.79 Å². The number of nitrogens with two attached hydrogens (primary N) is 3. The normalized spacial score (nSPS) is 16.8. The first-order chi connectivity index (χ1) is 30.4. The molecular weight excluding hydrogens is 803 g/mol. The van der Waals surface area contributed by atoms with Crippen LogP contribution in [0.2, 0.25) is 0 Å². The van der Waals surface area contributed by atoms with E-state index < -0.39 is 53.8 Å². The van der Waals surface area contributed by atoms with E-state index in [0.717, 1.165) is 30.4 Å². The summed E-state index contributed by atoms with van der Waals surface area (Å²) in [5.74, 6) is -3.00. The van der Waals surface area contributed by atoms with Gasteiger partial charge in [0, 0.05) is 43.2 Å². The van der Waals surface area contributed by atoms with Gasteiger partial charge in [0.2, 0.25) is 17.7 Å². The predicted molar refractivity (Wildman–Crippen MR) is 242 cm³/mol. The second-order valence-corrected chi connectivity index (χ2v) is 15.7. The van der Waals surface area contributed by atoms with E-state index in [1.54, 1.807) is 54.6 Å². The molecule has 15 heteroatoms. The van der Waals surface area contributed by atoms with Crippen LogP contribution in [-0.4, -0.2) is 97.6 Å². The summed E-state index contributed by atoms with van der Waals surface area (Å²) >= 11 is 0. The Hall–Kier alpha value is -6.29. The van der Waals surface area contributed by atoms with Crippen LogP contribution >= 0.6 is 0 Å². The second kappa shape index (κ2) is 23.2. The Bertz CT molecular complexity index is 2220. The van der Waals surface area contributed by atoms with Crippen molar-refractivity contribution in [3.8, 4) is 33.8 Å². The molecule has 336 valence electrons. The number of nitrogens with zero attached hydrogens (tertiary/aromatic N) is 1. The lowest BCUT2D eigenvalue weighted by molar-refractivity contribution is -0.143. The fourth-order valence-corrected chi connectivity index (χ4v) is 7.52. The molecule has 63 heavy (non-hydrogen) atoms. The number of nitrogens with one attached hydrogen (secondary N) is 3. The number of unbranched alkanes of at least 4 members (excludes halogenated alkanes) is 2. The number of carbonyl (C=O) groups is 5. The van der Waals surface area contributed by atoms with Crippen LogP contribution in [-0.2, 0) is 32.0 Å². The lowest BCUT2D eigenvalue weighted by atomic mass is 9.93. The van der Waals surface area contributed by atoms with Crippen molar-refractivity contribution in [2.24, 2.45) is 17.2 Å². The molecule has 4 atom stereocenters. The Morgan fingerprint density at radius 3 is 2.14 bits per heavy atom. The van der Waals surface area contributed by atoms with Crippen molar-refractivity contribution in [3.63, 3.8) is 0 Å². The number of amides is 4. The lowest BCUT2D eigenvalue weighted by Crippen LogP contribution is -2.54. The van der Waals surface area contributed by atoms with Gasteiger partial charge in [0.05, 0.1) is 0 Å². The smallest absolute Gasteiger partial charge is 0.326 e.